The molecule has 0 aliphatic heterocycles. The molecular formula is C19H26NO+. The van der Waals surface area contributed by atoms with E-state index in [1.54, 1.807) is 0 Å². The van der Waals surface area contributed by atoms with Crippen molar-refractivity contribution in [2.45, 2.75) is 13.0 Å². The largest absolute Gasteiger partial charge is 0.363 e. The van der Waals surface area contributed by atoms with Crippen LogP contribution in [0, 0.1) is 6.92 Å². The lowest BCUT2D eigenvalue weighted by Crippen LogP contribution is -2.37. The molecule has 2 aromatic rings. The Kier molecular flexibility index (Phi) is 5.16. The van der Waals surface area contributed by atoms with E-state index in [0.29, 0.717) is 0 Å². The molecule has 2 aromatic carbocycles. The van der Waals surface area contributed by atoms with Gasteiger partial charge in [-0.1, -0.05) is 54.6 Å². The molecule has 0 fully saturated rings. The highest BCUT2D eigenvalue weighted by molar-refractivity contribution is 5.35. The fraction of sp³-hybridized carbons (Fsp3) is 0.368. The smallest absolute Gasteiger partial charge is 0.108 e. The molecule has 0 unspecified atom stereocenters. The SMILES string of the molecule is Cc1ccccc1[C@@H](OCC[N+](C)(C)C)c1ccccc1. The molecular weight excluding hydrogens is 258 g/mol. The standard InChI is InChI=1S/C19H26NO/c1-16-10-8-9-13-18(16)19(17-11-6-5-7-12-17)21-15-14-20(2,3)4/h5-13,19H,14-15H2,1-4H3/q+1/t19-/m0/s1. The number of likely N-dealkylation sites (N-methyl/N-ethyl adjacent to an activating group) is 1. The Morgan fingerprint density at radius 3 is 2.14 bits per heavy atom. The second-order valence-electron chi connectivity index (χ2n) is 6.53. The van der Waals surface area contributed by atoms with Gasteiger partial charge in [-0.05, 0) is 23.6 Å². The van der Waals surface area contributed by atoms with Crippen LogP contribution in [0.25, 0.3) is 0 Å². The van der Waals surface area contributed by atoms with Crippen LogP contribution in [0.3, 0.4) is 0 Å². The van der Waals surface area contributed by atoms with Crippen molar-refractivity contribution in [3.05, 3.63) is 71.3 Å². The second-order valence-corrected chi connectivity index (χ2v) is 6.53. The molecule has 0 aliphatic rings. The molecule has 0 heterocycles. The summed E-state index contributed by atoms with van der Waals surface area (Å²) in [5, 5.41) is 0. The van der Waals surface area contributed by atoms with Crippen molar-refractivity contribution in [2.24, 2.45) is 0 Å². The minimum Gasteiger partial charge on any atom is -0.363 e. The highest BCUT2D eigenvalue weighted by atomic mass is 16.5. The Bertz CT molecular complexity index is 557. The highest BCUT2D eigenvalue weighted by Crippen LogP contribution is 2.28. The van der Waals surface area contributed by atoms with Crippen LogP contribution in [0.5, 0.6) is 0 Å². The van der Waals surface area contributed by atoms with Crippen molar-refractivity contribution >= 4 is 0 Å². The molecule has 0 aromatic heterocycles. The number of rotatable bonds is 6. The Morgan fingerprint density at radius 1 is 0.905 bits per heavy atom. The van der Waals surface area contributed by atoms with E-state index in [1.165, 1.54) is 16.7 Å². The zero-order chi connectivity index (χ0) is 15.3. The molecule has 2 heteroatoms. The van der Waals surface area contributed by atoms with Crippen molar-refractivity contribution in [1.82, 2.24) is 0 Å². The molecule has 112 valence electrons. The minimum atomic E-state index is 0.0129. The van der Waals surface area contributed by atoms with Crippen LogP contribution in [-0.4, -0.2) is 38.8 Å². The first kappa shape index (κ1) is 15.7. The Morgan fingerprint density at radius 2 is 1.52 bits per heavy atom. The van der Waals surface area contributed by atoms with Crippen LogP contribution < -0.4 is 0 Å². The van der Waals surface area contributed by atoms with Gasteiger partial charge in [0.1, 0.15) is 12.6 Å². The molecule has 0 bridgehead atoms. The Balaban J connectivity index is 2.22. The summed E-state index contributed by atoms with van der Waals surface area (Å²) in [5.74, 6) is 0. The molecule has 0 amide bonds. The molecule has 1 atom stereocenters. The summed E-state index contributed by atoms with van der Waals surface area (Å²) >= 11 is 0. The molecule has 0 N–H and O–H groups in total. The summed E-state index contributed by atoms with van der Waals surface area (Å²) in [7, 11) is 6.57. The van der Waals surface area contributed by atoms with E-state index in [2.05, 4.69) is 76.6 Å². The Labute approximate surface area is 128 Å². The van der Waals surface area contributed by atoms with Crippen LogP contribution in [0.15, 0.2) is 54.6 Å². The fourth-order valence-electron chi connectivity index (χ4n) is 2.32. The maximum absolute atomic E-state index is 6.26. The minimum absolute atomic E-state index is 0.0129. The highest BCUT2D eigenvalue weighted by Gasteiger charge is 2.17. The van der Waals surface area contributed by atoms with E-state index in [1.807, 2.05) is 6.07 Å². The maximum atomic E-state index is 6.26. The lowest BCUT2D eigenvalue weighted by Gasteiger charge is -2.26. The van der Waals surface area contributed by atoms with Gasteiger partial charge in [-0.3, -0.25) is 0 Å². The normalized spacial score (nSPS) is 13.1. The van der Waals surface area contributed by atoms with Gasteiger partial charge < -0.3 is 9.22 Å². The van der Waals surface area contributed by atoms with Crippen molar-refractivity contribution < 1.29 is 9.22 Å². The van der Waals surface area contributed by atoms with E-state index in [-0.39, 0.29) is 6.10 Å². The van der Waals surface area contributed by atoms with E-state index >= 15 is 0 Å². The molecule has 2 nitrogen and oxygen atoms in total. The van der Waals surface area contributed by atoms with Gasteiger partial charge in [-0.2, -0.15) is 0 Å². The van der Waals surface area contributed by atoms with E-state index in [9.17, 15) is 0 Å². The molecule has 2 rings (SSSR count). The lowest BCUT2D eigenvalue weighted by molar-refractivity contribution is -0.870. The third-order valence-electron chi connectivity index (χ3n) is 3.62. The van der Waals surface area contributed by atoms with Gasteiger partial charge in [0.15, 0.2) is 0 Å². The fourth-order valence-corrected chi connectivity index (χ4v) is 2.32. The summed E-state index contributed by atoms with van der Waals surface area (Å²) in [6.07, 6.45) is 0.0129. The van der Waals surface area contributed by atoms with Gasteiger partial charge in [0.2, 0.25) is 0 Å². The van der Waals surface area contributed by atoms with Gasteiger partial charge in [-0.25, -0.2) is 0 Å². The number of aryl methyl sites for hydroxylation is 1. The van der Waals surface area contributed by atoms with Crippen LogP contribution in [-0.2, 0) is 4.74 Å². The average molecular weight is 284 g/mol. The quantitative estimate of drug-likeness (QED) is 0.733. The number of quaternary nitrogens is 1. The second kappa shape index (κ2) is 6.88. The lowest BCUT2D eigenvalue weighted by atomic mass is 9.97. The Hall–Kier alpha value is -1.64. The zero-order valence-electron chi connectivity index (χ0n) is 13.5. The van der Waals surface area contributed by atoms with Crippen molar-refractivity contribution in [3.8, 4) is 0 Å². The van der Waals surface area contributed by atoms with Crippen molar-refractivity contribution in [3.63, 3.8) is 0 Å². The third kappa shape index (κ3) is 4.69. The van der Waals surface area contributed by atoms with Crippen molar-refractivity contribution in [1.29, 1.82) is 0 Å². The molecule has 21 heavy (non-hydrogen) atoms. The topological polar surface area (TPSA) is 9.23 Å². The first-order chi connectivity index (χ1) is 9.97. The average Bonchev–Trinajstić information content (AvgIpc) is 2.45. The summed E-state index contributed by atoms with van der Waals surface area (Å²) in [4.78, 5) is 0. The number of nitrogens with zero attached hydrogens (tertiary/aromatic N) is 1. The van der Waals surface area contributed by atoms with Gasteiger partial charge in [0.25, 0.3) is 0 Å². The summed E-state index contributed by atoms with van der Waals surface area (Å²) < 4.78 is 7.17. The van der Waals surface area contributed by atoms with E-state index in [0.717, 1.165) is 17.6 Å². The number of hydrogen-bond donors (Lipinski definition) is 0. The molecule has 0 saturated carbocycles. The summed E-state index contributed by atoms with van der Waals surface area (Å²) in [5.41, 5.74) is 3.75. The van der Waals surface area contributed by atoms with Gasteiger partial charge in [-0.15, -0.1) is 0 Å². The molecule has 0 aliphatic carbocycles. The predicted octanol–water partition coefficient (Wildman–Crippen LogP) is 3.81. The number of ether oxygens (including phenoxy) is 1. The van der Waals surface area contributed by atoms with Crippen LogP contribution in [0.2, 0.25) is 0 Å². The zero-order valence-corrected chi connectivity index (χ0v) is 13.5. The van der Waals surface area contributed by atoms with Gasteiger partial charge in [0, 0.05) is 0 Å². The summed E-state index contributed by atoms with van der Waals surface area (Å²) in [6, 6.07) is 19.0. The summed E-state index contributed by atoms with van der Waals surface area (Å²) in [6.45, 7) is 3.89. The van der Waals surface area contributed by atoms with E-state index in [4.69, 9.17) is 4.74 Å². The van der Waals surface area contributed by atoms with Gasteiger partial charge >= 0.3 is 0 Å². The monoisotopic (exact) mass is 284 g/mol. The third-order valence-corrected chi connectivity index (χ3v) is 3.62. The van der Waals surface area contributed by atoms with Crippen LogP contribution >= 0.6 is 0 Å². The number of hydrogen-bond acceptors (Lipinski definition) is 1. The number of benzene rings is 2. The molecule has 0 spiro atoms. The van der Waals surface area contributed by atoms with Gasteiger partial charge in [0.05, 0.1) is 27.7 Å². The van der Waals surface area contributed by atoms with E-state index < -0.39 is 0 Å². The maximum Gasteiger partial charge on any atom is 0.108 e. The van der Waals surface area contributed by atoms with Crippen LogP contribution in [0.1, 0.15) is 22.8 Å². The molecule has 0 saturated heterocycles. The van der Waals surface area contributed by atoms with Crippen LogP contribution in [0.4, 0.5) is 0 Å². The first-order valence-electron chi connectivity index (χ1n) is 7.50. The van der Waals surface area contributed by atoms with Crippen molar-refractivity contribution in [2.75, 3.05) is 34.3 Å². The molecule has 0 radical (unpaired) electrons. The first-order valence-corrected chi connectivity index (χ1v) is 7.50. The predicted molar refractivity (Wildman–Crippen MR) is 88.3 cm³/mol.